The second-order valence-corrected chi connectivity index (χ2v) is 4.39. The summed E-state index contributed by atoms with van der Waals surface area (Å²) in [7, 11) is 0. The van der Waals surface area contributed by atoms with Gasteiger partial charge in [-0.1, -0.05) is 25.4 Å². The number of nitrogens with zero attached hydrogens (tertiary/aromatic N) is 2. The Morgan fingerprint density at radius 2 is 2.33 bits per heavy atom. The van der Waals surface area contributed by atoms with Crippen LogP contribution in [0.2, 0.25) is 0 Å². The standard InChI is InChI=1S/C11H19N3O/c1-3-4-8(2)11-13-10(14-15-11)7-12-9-5-6-9/h8-9,12H,3-7H2,1-2H3. The molecule has 1 aromatic rings. The fraction of sp³-hybridized carbons (Fsp3) is 0.818. The zero-order valence-corrected chi connectivity index (χ0v) is 9.49. The average Bonchev–Trinajstić information content (AvgIpc) is 2.93. The van der Waals surface area contributed by atoms with Crippen LogP contribution >= 0.6 is 0 Å². The smallest absolute Gasteiger partial charge is 0.229 e. The fourth-order valence-corrected chi connectivity index (χ4v) is 1.62. The van der Waals surface area contributed by atoms with Crippen molar-refractivity contribution in [2.75, 3.05) is 0 Å². The monoisotopic (exact) mass is 209 g/mol. The van der Waals surface area contributed by atoms with Crippen molar-refractivity contribution in [3.05, 3.63) is 11.7 Å². The molecule has 1 aliphatic carbocycles. The van der Waals surface area contributed by atoms with Crippen molar-refractivity contribution in [2.45, 2.75) is 58.0 Å². The molecule has 4 nitrogen and oxygen atoms in total. The van der Waals surface area contributed by atoms with Crippen LogP contribution in [0.15, 0.2) is 4.52 Å². The number of nitrogens with one attached hydrogen (secondary N) is 1. The Kier molecular flexibility index (Phi) is 3.36. The summed E-state index contributed by atoms with van der Waals surface area (Å²) < 4.78 is 5.23. The number of aromatic nitrogens is 2. The minimum atomic E-state index is 0.386. The van der Waals surface area contributed by atoms with E-state index in [0.717, 1.165) is 31.1 Å². The zero-order valence-electron chi connectivity index (χ0n) is 9.49. The van der Waals surface area contributed by atoms with E-state index in [1.165, 1.54) is 12.8 Å². The number of hydrogen-bond donors (Lipinski definition) is 1. The highest BCUT2D eigenvalue weighted by molar-refractivity contribution is 4.93. The summed E-state index contributed by atoms with van der Waals surface area (Å²) in [6.45, 7) is 5.05. The molecule has 0 aliphatic heterocycles. The van der Waals surface area contributed by atoms with Crippen molar-refractivity contribution < 1.29 is 4.52 Å². The van der Waals surface area contributed by atoms with E-state index in [1.807, 2.05) is 0 Å². The van der Waals surface area contributed by atoms with Crippen LogP contribution < -0.4 is 5.32 Å². The van der Waals surface area contributed by atoms with Crippen LogP contribution in [0.25, 0.3) is 0 Å². The van der Waals surface area contributed by atoms with Crippen LogP contribution in [0.5, 0.6) is 0 Å². The first-order valence-corrected chi connectivity index (χ1v) is 5.85. The van der Waals surface area contributed by atoms with E-state index in [9.17, 15) is 0 Å². The Bertz CT molecular complexity index is 307. The van der Waals surface area contributed by atoms with E-state index in [-0.39, 0.29) is 0 Å². The van der Waals surface area contributed by atoms with Crippen LogP contribution in [0.1, 0.15) is 57.2 Å². The van der Waals surface area contributed by atoms with Gasteiger partial charge in [-0.15, -0.1) is 0 Å². The Labute approximate surface area is 90.4 Å². The van der Waals surface area contributed by atoms with Gasteiger partial charge < -0.3 is 9.84 Å². The molecule has 1 fully saturated rings. The summed E-state index contributed by atoms with van der Waals surface area (Å²) >= 11 is 0. The lowest BCUT2D eigenvalue weighted by Gasteiger charge is -2.01. The fourth-order valence-electron chi connectivity index (χ4n) is 1.62. The maximum Gasteiger partial charge on any atom is 0.229 e. The summed E-state index contributed by atoms with van der Waals surface area (Å²) in [4.78, 5) is 4.39. The maximum absolute atomic E-state index is 5.23. The molecule has 1 aromatic heterocycles. The van der Waals surface area contributed by atoms with Gasteiger partial charge in [0, 0.05) is 12.0 Å². The summed E-state index contributed by atoms with van der Waals surface area (Å²) in [5.74, 6) is 1.96. The van der Waals surface area contributed by atoms with Crippen LogP contribution in [-0.4, -0.2) is 16.2 Å². The Balaban J connectivity index is 1.84. The molecular weight excluding hydrogens is 190 g/mol. The van der Waals surface area contributed by atoms with Crippen molar-refractivity contribution in [1.82, 2.24) is 15.5 Å². The summed E-state index contributed by atoms with van der Waals surface area (Å²) in [5.41, 5.74) is 0. The van der Waals surface area contributed by atoms with Gasteiger partial charge in [0.15, 0.2) is 5.82 Å². The summed E-state index contributed by atoms with van der Waals surface area (Å²) in [6.07, 6.45) is 4.84. The van der Waals surface area contributed by atoms with E-state index in [0.29, 0.717) is 12.0 Å². The second kappa shape index (κ2) is 4.75. The maximum atomic E-state index is 5.23. The van der Waals surface area contributed by atoms with Gasteiger partial charge in [-0.05, 0) is 19.3 Å². The summed E-state index contributed by atoms with van der Waals surface area (Å²) in [6, 6.07) is 0.694. The Morgan fingerprint density at radius 1 is 1.53 bits per heavy atom. The van der Waals surface area contributed by atoms with E-state index in [1.54, 1.807) is 0 Å². The normalized spacial score (nSPS) is 18.0. The Morgan fingerprint density at radius 3 is 3.00 bits per heavy atom. The third-order valence-corrected chi connectivity index (χ3v) is 2.75. The van der Waals surface area contributed by atoms with Gasteiger partial charge in [0.1, 0.15) is 0 Å². The van der Waals surface area contributed by atoms with Gasteiger partial charge in [-0.3, -0.25) is 0 Å². The van der Waals surface area contributed by atoms with E-state index < -0.39 is 0 Å². The van der Waals surface area contributed by atoms with E-state index in [2.05, 4.69) is 29.3 Å². The van der Waals surface area contributed by atoms with Crippen LogP contribution in [-0.2, 0) is 6.54 Å². The molecule has 0 radical (unpaired) electrons. The quantitative estimate of drug-likeness (QED) is 0.780. The zero-order chi connectivity index (χ0) is 10.7. The predicted octanol–water partition coefficient (Wildman–Crippen LogP) is 2.23. The lowest BCUT2D eigenvalue weighted by Crippen LogP contribution is -2.16. The molecule has 1 unspecified atom stereocenters. The highest BCUT2D eigenvalue weighted by Crippen LogP contribution is 2.20. The molecule has 1 saturated carbocycles. The number of hydrogen-bond acceptors (Lipinski definition) is 4. The third kappa shape index (κ3) is 3.02. The van der Waals surface area contributed by atoms with Gasteiger partial charge in [0.25, 0.3) is 0 Å². The van der Waals surface area contributed by atoms with Crippen molar-refractivity contribution in [2.24, 2.45) is 0 Å². The molecule has 15 heavy (non-hydrogen) atoms. The molecule has 0 aromatic carbocycles. The molecule has 1 N–H and O–H groups in total. The minimum Gasteiger partial charge on any atom is -0.339 e. The van der Waals surface area contributed by atoms with Crippen LogP contribution in [0.3, 0.4) is 0 Å². The molecule has 4 heteroatoms. The first-order chi connectivity index (χ1) is 7.29. The second-order valence-electron chi connectivity index (χ2n) is 4.39. The van der Waals surface area contributed by atoms with Crippen molar-refractivity contribution >= 4 is 0 Å². The largest absolute Gasteiger partial charge is 0.339 e. The molecule has 0 saturated heterocycles. The number of rotatable bonds is 6. The average molecular weight is 209 g/mol. The molecule has 84 valence electrons. The molecular formula is C11H19N3O. The minimum absolute atomic E-state index is 0.386. The van der Waals surface area contributed by atoms with Crippen LogP contribution in [0, 0.1) is 0 Å². The van der Waals surface area contributed by atoms with Crippen molar-refractivity contribution in [1.29, 1.82) is 0 Å². The van der Waals surface area contributed by atoms with Crippen LogP contribution in [0.4, 0.5) is 0 Å². The van der Waals surface area contributed by atoms with Gasteiger partial charge in [-0.2, -0.15) is 4.98 Å². The molecule has 0 amide bonds. The molecule has 1 heterocycles. The molecule has 0 spiro atoms. The topological polar surface area (TPSA) is 51.0 Å². The van der Waals surface area contributed by atoms with Gasteiger partial charge in [-0.25, -0.2) is 0 Å². The van der Waals surface area contributed by atoms with Crippen molar-refractivity contribution in [3.63, 3.8) is 0 Å². The SMILES string of the molecule is CCCC(C)c1nc(CNC2CC2)no1. The van der Waals surface area contributed by atoms with Gasteiger partial charge in [0.05, 0.1) is 6.54 Å². The third-order valence-electron chi connectivity index (χ3n) is 2.75. The lowest BCUT2D eigenvalue weighted by atomic mass is 10.1. The molecule has 1 atom stereocenters. The van der Waals surface area contributed by atoms with E-state index in [4.69, 9.17) is 4.52 Å². The van der Waals surface area contributed by atoms with Gasteiger partial charge >= 0.3 is 0 Å². The highest BCUT2D eigenvalue weighted by Gasteiger charge is 2.21. The predicted molar refractivity (Wildman–Crippen MR) is 57.5 cm³/mol. The molecule has 2 rings (SSSR count). The molecule has 1 aliphatic rings. The first kappa shape index (κ1) is 10.6. The first-order valence-electron chi connectivity index (χ1n) is 5.85. The summed E-state index contributed by atoms with van der Waals surface area (Å²) in [5, 5.41) is 7.34. The lowest BCUT2D eigenvalue weighted by molar-refractivity contribution is 0.348. The van der Waals surface area contributed by atoms with Gasteiger partial charge in [0.2, 0.25) is 5.89 Å². The molecule has 0 bridgehead atoms. The van der Waals surface area contributed by atoms with E-state index >= 15 is 0 Å². The Hall–Kier alpha value is -0.900. The highest BCUT2D eigenvalue weighted by atomic mass is 16.5. The van der Waals surface area contributed by atoms with Crippen molar-refractivity contribution in [3.8, 4) is 0 Å².